The molecule has 0 radical (unpaired) electrons. The third-order valence-corrected chi connectivity index (χ3v) is 13.7. The van der Waals surface area contributed by atoms with Crippen molar-refractivity contribution < 1.29 is 18.1 Å². The van der Waals surface area contributed by atoms with E-state index in [0.717, 1.165) is 30.8 Å². The second-order valence-corrected chi connectivity index (χ2v) is 17.2. The van der Waals surface area contributed by atoms with Crippen molar-refractivity contribution in [3.05, 3.63) is 0 Å². The van der Waals surface area contributed by atoms with Gasteiger partial charge in [0.2, 0.25) is 11.4 Å². The van der Waals surface area contributed by atoms with Gasteiger partial charge in [0.1, 0.15) is 0 Å². The minimum Gasteiger partial charge on any atom is -0.322 e. The van der Waals surface area contributed by atoms with E-state index in [1.807, 2.05) is 27.7 Å². The summed E-state index contributed by atoms with van der Waals surface area (Å²) in [6.07, 6.45) is 3.35. The molecule has 0 unspecified atom stereocenters. The first-order chi connectivity index (χ1) is 10.9. The smallest absolute Gasteiger partial charge is 0.247 e. The van der Waals surface area contributed by atoms with Crippen molar-refractivity contribution in [3.8, 4) is 0 Å². The fourth-order valence-electron chi connectivity index (χ4n) is 1.59. The summed E-state index contributed by atoms with van der Waals surface area (Å²) in [7, 11) is 0. The SMILES string of the molecule is CCOP(=S)(OCC)SCCCCCSP(=S)(OCC)OCC. The maximum atomic E-state index is 5.62. The number of unbranched alkanes of at least 4 members (excludes halogenated alkanes) is 2. The molecule has 0 saturated heterocycles. The zero-order valence-electron chi connectivity index (χ0n) is 14.5. The van der Waals surface area contributed by atoms with Crippen molar-refractivity contribution in [1.82, 2.24) is 0 Å². The maximum absolute atomic E-state index is 5.62. The van der Waals surface area contributed by atoms with E-state index in [-0.39, 0.29) is 0 Å². The Morgan fingerprint density at radius 2 is 0.913 bits per heavy atom. The normalized spacial score (nSPS) is 12.7. The average molecular weight is 441 g/mol. The van der Waals surface area contributed by atoms with E-state index in [9.17, 15) is 0 Å². The molecule has 4 nitrogen and oxygen atoms in total. The third kappa shape index (κ3) is 12.8. The van der Waals surface area contributed by atoms with Gasteiger partial charge in [-0.05, 0) is 64.2 Å². The lowest BCUT2D eigenvalue weighted by atomic mass is 10.3. The van der Waals surface area contributed by atoms with Crippen LogP contribution in [0.1, 0.15) is 47.0 Å². The molecular weight excluding hydrogens is 410 g/mol. The number of hydrogen-bond donors (Lipinski definition) is 0. The Bertz CT molecular complexity index is 331. The minimum atomic E-state index is -2.13. The van der Waals surface area contributed by atoms with Gasteiger partial charge in [0.25, 0.3) is 0 Å². The Kier molecular flexibility index (Phi) is 16.1. The van der Waals surface area contributed by atoms with Crippen LogP contribution in [0, 0.1) is 0 Å². The highest BCUT2D eigenvalue weighted by Crippen LogP contribution is 2.62. The molecule has 0 aromatic rings. The molecule has 0 heterocycles. The van der Waals surface area contributed by atoms with E-state index in [4.69, 9.17) is 41.7 Å². The lowest BCUT2D eigenvalue weighted by Gasteiger charge is -2.20. The molecule has 0 fully saturated rings. The van der Waals surface area contributed by atoms with Crippen molar-refractivity contribution >= 4 is 57.8 Å². The van der Waals surface area contributed by atoms with Gasteiger partial charge >= 0.3 is 0 Å². The van der Waals surface area contributed by atoms with Gasteiger partial charge in [-0.1, -0.05) is 29.2 Å². The van der Waals surface area contributed by atoms with Gasteiger partial charge in [0.05, 0.1) is 26.4 Å². The first kappa shape index (κ1) is 24.8. The van der Waals surface area contributed by atoms with Crippen LogP contribution in [-0.4, -0.2) is 37.9 Å². The second-order valence-electron chi connectivity index (χ2n) is 4.29. The molecule has 0 rings (SSSR count). The summed E-state index contributed by atoms with van der Waals surface area (Å²) in [4.78, 5) is 0. The molecule has 0 N–H and O–H groups in total. The molecule has 0 aliphatic rings. The van der Waals surface area contributed by atoms with Crippen LogP contribution >= 0.6 is 34.2 Å². The highest BCUT2D eigenvalue weighted by molar-refractivity contribution is 8.68. The first-order valence-corrected chi connectivity index (χ1v) is 16.5. The predicted octanol–water partition coefficient (Wildman–Crippen LogP) is 6.22. The van der Waals surface area contributed by atoms with Gasteiger partial charge in [-0.25, -0.2) is 0 Å². The molecule has 0 atom stereocenters. The molecule has 0 bridgehead atoms. The van der Waals surface area contributed by atoms with E-state index in [2.05, 4.69) is 0 Å². The van der Waals surface area contributed by atoms with Crippen LogP contribution in [0.4, 0.5) is 0 Å². The lowest BCUT2D eigenvalue weighted by molar-refractivity contribution is 0.280. The average Bonchev–Trinajstić information content (AvgIpc) is 2.47. The van der Waals surface area contributed by atoms with Crippen molar-refractivity contribution in [3.63, 3.8) is 0 Å². The van der Waals surface area contributed by atoms with E-state index < -0.39 is 11.4 Å². The summed E-state index contributed by atoms with van der Waals surface area (Å²) in [5, 5.41) is 0. The lowest BCUT2D eigenvalue weighted by Crippen LogP contribution is -1.94. The summed E-state index contributed by atoms with van der Waals surface area (Å²) >= 11 is 14.3. The van der Waals surface area contributed by atoms with E-state index >= 15 is 0 Å². The van der Waals surface area contributed by atoms with Crippen LogP contribution in [0.2, 0.25) is 0 Å². The van der Waals surface area contributed by atoms with Crippen molar-refractivity contribution in [2.75, 3.05) is 37.9 Å². The van der Waals surface area contributed by atoms with Crippen molar-refractivity contribution in [2.24, 2.45) is 0 Å². The van der Waals surface area contributed by atoms with Crippen molar-refractivity contribution in [2.45, 2.75) is 47.0 Å². The summed E-state index contributed by atoms with van der Waals surface area (Å²) in [5.74, 6) is 1.96. The summed E-state index contributed by atoms with van der Waals surface area (Å²) in [6, 6.07) is 0. The molecule has 10 heteroatoms. The Labute approximate surface area is 160 Å². The highest BCUT2D eigenvalue weighted by Gasteiger charge is 2.19. The molecule has 0 saturated carbocycles. The molecule has 140 valence electrons. The minimum absolute atomic E-state index is 0.612. The Morgan fingerprint density at radius 3 is 1.17 bits per heavy atom. The fraction of sp³-hybridized carbons (Fsp3) is 1.00. The Hall–Kier alpha value is 1.84. The predicted molar refractivity (Wildman–Crippen MR) is 114 cm³/mol. The largest absolute Gasteiger partial charge is 0.322 e. The van der Waals surface area contributed by atoms with Gasteiger partial charge in [-0.15, -0.1) is 0 Å². The number of rotatable bonds is 16. The second kappa shape index (κ2) is 15.0. The summed E-state index contributed by atoms with van der Waals surface area (Å²) in [5.41, 5.74) is -4.25. The van der Waals surface area contributed by atoms with Crippen LogP contribution < -0.4 is 0 Å². The molecular formula is C13H30O4P2S4. The Balaban J connectivity index is 3.87. The molecule has 0 aliphatic heterocycles. The topological polar surface area (TPSA) is 36.9 Å². The van der Waals surface area contributed by atoms with Crippen LogP contribution in [0.5, 0.6) is 0 Å². The Morgan fingerprint density at radius 1 is 0.609 bits per heavy atom. The molecule has 23 heavy (non-hydrogen) atoms. The third-order valence-electron chi connectivity index (χ3n) is 2.44. The van der Waals surface area contributed by atoms with Crippen LogP contribution in [0.15, 0.2) is 0 Å². The van der Waals surface area contributed by atoms with Crippen LogP contribution in [-0.2, 0) is 41.7 Å². The van der Waals surface area contributed by atoms with E-state index in [1.165, 1.54) is 0 Å². The van der Waals surface area contributed by atoms with Gasteiger partial charge in [0.15, 0.2) is 0 Å². The summed E-state index contributed by atoms with van der Waals surface area (Å²) < 4.78 is 22.5. The molecule has 0 amide bonds. The van der Waals surface area contributed by atoms with Gasteiger partial charge in [0, 0.05) is 11.5 Å². The maximum Gasteiger partial charge on any atom is 0.247 e. The highest BCUT2D eigenvalue weighted by atomic mass is 32.9. The van der Waals surface area contributed by atoms with Gasteiger partial charge in [-0.2, -0.15) is 0 Å². The summed E-state index contributed by atoms with van der Waals surface area (Å²) in [6.45, 7) is 10.3. The zero-order valence-corrected chi connectivity index (χ0v) is 19.6. The van der Waals surface area contributed by atoms with Gasteiger partial charge in [-0.3, -0.25) is 0 Å². The molecule has 0 spiro atoms. The standard InChI is InChI=1S/C13H30O4P2S4/c1-5-14-18(20,15-6-2)22-12-10-9-11-13-23-19(21,16-7-3)17-8-4/h5-13H2,1-4H3. The van der Waals surface area contributed by atoms with Crippen LogP contribution in [0.25, 0.3) is 0 Å². The quantitative estimate of drug-likeness (QED) is 0.207. The molecule has 0 aromatic carbocycles. The van der Waals surface area contributed by atoms with Gasteiger partial charge < -0.3 is 18.1 Å². The zero-order chi connectivity index (χ0) is 17.6. The monoisotopic (exact) mass is 440 g/mol. The van der Waals surface area contributed by atoms with Crippen molar-refractivity contribution in [1.29, 1.82) is 0 Å². The van der Waals surface area contributed by atoms with E-state index in [0.29, 0.717) is 26.4 Å². The first-order valence-electron chi connectivity index (χ1n) is 8.02. The van der Waals surface area contributed by atoms with E-state index in [1.54, 1.807) is 22.8 Å². The molecule has 0 aliphatic carbocycles. The fourth-order valence-corrected chi connectivity index (χ4v) is 11.3. The van der Waals surface area contributed by atoms with Crippen LogP contribution in [0.3, 0.4) is 0 Å². The number of hydrogen-bond acceptors (Lipinski definition) is 8. The molecule has 0 aromatic heterocycles.